The number of nitrogens with zero attached hydrogens (tertiary/aromatic N) is 3. The molecule has 2 aromatic heterocycles. The van der Waals surface area contributed by atoms with Crippen LogP contribution in [0.25, 0.3) is 5.65 Å². The first-order valence-corrected chi connectivity index (χ1v) is 11.1. The van der Waals surface area contributed by atoms with E-state index < -0.39 is 11.7 Å². The van der Waals surface area contributed by atoms with Crippen molar-refractivity contribution in [2.75, 3.05) is 5.32 Å². The van der Waals surface area contributed by atoms with Crippen molar-refractivity contribution in [1.82, 2.24) is 14.3 Å². The van der Waals surface area contributed by atoms with Gasteiger partial charge in [-0.1, -0.05) is 19.1 Å². The second-order valence-electron chi connectivity index (χ2n) is 9.84. The maximum absolute atomic E-state index is 12.8. The molecule has 1 aromatic carbocycles. The number of anilines is 1. The van der Waals surface area contributed by atoms with Crippen molar-refractivity contribution in [1.29, 1.82) is 0 Å². The number of carbonyl (C=O) groups excluding carboxylic acids is 3. The SMILES string of the molecule is C[C@@H]1CC1c1cc(NC(=O)OC(C)(C)C)c2nc(CN3C(=O)c4ccccc4C3=O)cn2c1. The van der Waals surface area contributed by atoms with Gasteiger partial charge in [0.15, 0.2) is 5.65 Å². The summed E-state index contributed by atoms with van der Waals surface area (Å²) in [6.45, 7) is 7.66. The number of ether oxygens (including phenoxy) is 1. The normalized spacial score (nSPS) is 19.7. The molecule has 0 saturated heterocycles. The Morgan fingerprint density at radius 2 is 1.79 bits per heavy atom. The predicted octanol–water partition coefficient (Wildman–Crippen LogP) is 4.60. The number of fused-ring (bicyclic) bond motifs is 2. The van der Waals surface area contributed by atoms with E-state index in [9.17, 15) is 14.4 Å². The average molecular weight is 447 g/mol. The van der Waals surface area contributed by atoms with Crippen molar-refractivity contribution < 1.29 is 19.1 Å². The van der Waals surface area contributed by atoms with E-state index in [1.54, 1.807) is 51.2 Å². The summed E-state index contributed by atoms with van der Waals surface area (Å²) in [4.78, 5) is 43.8. The number of nitrogens with one attached hydrogen (secondary N) is 1. The smallest absolute Gasteiger partial charge is 0.412 e. The Kier molecular flexibility index (Phi) is 4.77. The largest absolute Gasteiger partial charge is 0.444 e. The summed E-state index contributed by atoms with van der Waals surface area (Å²) in [5.74, 6) is 0.355. The molecule has 1 aliphatic heterocycles. The van der Waals surface area contributed by atoms with Gasteiger partial charge in [0, 0.05) is 12.4 Å². The van der Waals surface area contributed by atoms with Gasteiger partial charge in [-0.15, -0.1) is 0 Å². The van der Waals surface area contributed by atoms with Gasteiger partial charge >= 0.3 is 6.09 Å². The fourth-order valence-corrected chi connectivity index (χ4v) is 4.29. The molecule has 3 amide bonds. The summed E-state index contributed by atoms with van der Waals surface area (Å²) in [5.41, 5.74) is 2.91. The summed E-state index contributed by atoms with van der Waals surface area (Å²) in [6, 6.07) is 8.74. The molecule has 170 valence electrons. The molecule has 8 nitrogen and oxygen atoms in total. The molecule has 3 aromatic rings. The molecule has 0 spiro atoms. The van der Waals surface area contributed by atoms with Crippen LogP contribution in [0.15, 0.2) is 42.7 Å². The van der Waals surface area contributed by atoms with Crippen LogP contribution < -0.4 is 5.32 Å². The maximum Gasteiger partial charge on any atom is 0.412 e. The number of benzene rings is 1. The monoisotopic (exact) mass is 446 g/mol. The van der Waals surface area contributed by atoms with Crippen LogP contribution in [0.1, 0.15) is 72.0 Å². The number of aromatic nitrogens is 2. The second kappa shape index (κ2) is 7.43. The molecule has 2 atom stereocenters. The summed E-state index contributed by atoms with van der Waals surface area (Å²) < 4.78 is 7.27. The molecule has 8 heteroatoms. The van der Waals surface area contributed by atoms with Crippen molar-refractivity contribution in [3.63, 3.8) is 0 Å². The third kappa shape index (κ3) is 3.97. The number of rotatable bonds is 4. The highest BCUT2D eigenvalue weighted by Crippen LogP contribution is 2.47. The highest BCUT2D eigenvalue weighted by Gasteiger charge is 2.36. The van der Waals surface area contributed by atoms with Gasteiger partial charge in [0.2, 0.25) is 0 Å². The Bertz CT molecular complexity index is 1270. The first kappa shape index (κ1) is 21.2. The summed E-state index contributed by atoms with van der Waals surface area (Å²) in [7, 11) is 0. The molecule has 1 saturated carbocycles. The zero-order chi connectivity index (χ0) is 23.5. The van der Waals surface area contributed by atoms with E-state index in [1.165, 1.54) is 4.90 Å². The fraction of sp³-hybridized carbons (Fsp3) is 0.360. The van der Waals surface area contributed by atoms with Crippen LogP contribution >= 0.6 is 0 Å². The molecule has 0 radical (unpaired) electrons. The first-order chi connectivity index (χ1) is 15.6. The Hall–Kier alpha value is -3.68. The minimum Gasteiger partial charge on any atom is -0.444 e. The Balaban J connectivity index is 1.47. The maximum atomic E-state index is 12.8. The molecule has 1 aliphatic carbocycles. The van der Waals surface area contributed by atoms with E-state index in [0.717, 1.165) is 12.0 Å². The summed E-state index contributed by atoms with van der Waals surface area (Å²) in [6.07, 6.45) is 4.34. The van der Waals surface area contributed by atoms with Gasteiger partial charge in [0.25, 0.3) is 11.8 Å². The lowest BCUT2D eigenvalue weighted by atomic mass is 10.1. The topological polar surface area (TPSA) is 93.0 Å². The van der Waals surface area contributed by atoms with E-state index in [-0.39, 0.29) is 18.4 Å². The zero-order valence-corrected chi connectivity index (χ0v) is 19.1. The van der Waals surface area contributed by atoms with E-state index in [2.05, 4.69) is 17.2 Å². The number of hydrogen-bond acceptors (Lipinski definition) is 5. The molecule has 33 heavy (non-hydrogen) atoms. The van der Waals surface area contributed by atoms with Crippen LogP contribution in [0.3, 0.4) is 0 Å². The van der Waals surface area contributed by atoms with Crippen LogP contribution in [-0.2, 0) is 11.3 Å². The van der Waals surface area contributed by atoms with Crippen LogP contribution in [0.5, 0.6) is 0 Å². The fourth-order valence-electron chi connectivity index (χ4n) is 4.29. The van der Waals surface area contributed by atoms with Gasteiger partial charge in [-0.2, -0.15) is 0 Å². The molecule has 3 heterocycles. The van der Waals surface area contributed by atoms with E-state index >= 15 is 0 Å². The summed E-state index contributed by atoms with van der Waals surface area (Å²) in [5, 5.41) is 2.83. The highest BCUT2D eigenvalue weighted by molar-refractivity contribution is 6.21. The number of imidazole rings is 1. The quantitative estimate of drug-likeness (QED) is 0.591. The van der Waals surface area contributed by atoms with Crippen molar-refractivity contribution in [2.45, 2.75) is 52.2 Å². The standard InChI is InChI=1S/C25H26N4O4/c1-14-9-19(14)15-10-20(27-24(32)33-25(2,3)4)21-26-16(12-28(21)11-15)13-29-22(30)17-7-5-6-8-18(17)23(29)31/h5-8,10-12,14,19H,9,13H2,1-4H3,(H,27,32)/t14-,19?/m1/s1. The lowest BCUT2D eigenvalue weighted by Crippen LogP contribution is -2.29. The van der Waals surface area contributed by atoms with E-state index in [0.29, 0.717) is 40.0 Å². The van der Waals surface area contributed by atoms with Gasteiger partial charge in [0.1, 0.15) is 5.60 Å². The van der Waals surface area contributed by atoms with E-state index in [4.69, 9.17) is 4.74 Å². The average Bonchev–Trinajstić information content (AvgIpc) is 3.24. The number of imide groups is 1. The summed E-state index contributed by atoms with van der Waals surface area (Å²) >= 11 is 0. The van der Waals surface area contributed by atoms with Gasteiger partial charge in [0.05, 0.1) is 29.1 Å². The third-order valence-electron chi connectivity index (χ3n) is 5.99. The minimum absolute atomic E-state index is 0.0507. The molecule has 1 unspecified atom stereocenters. The molecule has 0 bridgehead atoms. The molecule has 5 rings (SSSR count). The van der Waals surface area contributed by atoms with Crippen molar-refractivity contribution in [3.05, 3.63) is 65.1 Å². The minimum atomic E-state index is -0.630. The number of hydrogen-bond donors (Lipinski definition) is 1. The number of pyridine rings is 1. The Morgan fingerprint density at radius 3 is 2.36 bits per heavy atom. The molecular formula is C25H26N4O4. The lowest BCUT2D eigenvalue weighted by Gasteiger charge is -2.20. The third-order valence-corrected chi connectivity index (χ3v) is 5.99. The van der Waals surface area contributed by atoms with Crippen LogP contribution in [0.2, 0.25) is 0 Å². The van der Waals surface area contributed by atoms with Crippen molar-refractivity contribution >= 4 is 29.2 Å². The van der Waals surface area contributed by atoms with E-state index in [1.807, 2.05) is 16.7 Å². The van der Waals surface area contributed by atoms with Gasteiger partial charge in [-0.3, -0.25) is 19.8 Å². The Morgan fingerprint density at radius 1 is 1.15 bits per heavy atom. The highest BCUT2D eigenvalue weighted by atomic mass is 16.6. The Labute approximate surface area is 191 Å². The van der Waals surface area contributed by atoms with Gasteiger partial charge in [-0.05, 0) is 62.8 Å². The lowest BCUT2D eigenvalue weighted by molar-refractivity contribution is 0.0625. The van der Waals surface area contributed by atoms with Crippen molar-refractivity contribution in [2.24, 2.45) is 5.92 Å². The molecule has 2 aliphatic rings. The molecule has 1 fully saturated rings. The van der Waals surface area contributed by atoms with Crippen LogP contribution in [0, 0.1) is 5.92 Å². The van der Waals surface area contributed by atoms with Crippen LogP contribution in [0.4, 0.5) is 10.5 Å². The molecule has 1 N–H and O–H groups in total. The second-order valence-corrected chi connectivity index (χ2v) is 9.84. The number of amides is 3. The van der Waals surface area contributed by atoms with Crippen LogP contribution in [-0.4, -0.2) is 37.8 Å². The van der Waals surface area contributed by atoms with Gasteiger partial charge in [-0.25, -0.2) is 9.78 Å². The zero-order valence-electron chi connectivity index (χ0n) is 19.1. The molecular weight excluding hydrogens is 420 g/mol. The van der Waals surface area contributed by atoms with Crippen molar-refractivity contribution in [3.8, 4) is 0 Å². The number of carbonyl (C=O) groups is 3. The predicted molar refractivity (Wildman–Crippen MR) is 122 cm³/mol. The first-order valence-electron chi connectivity index (χ1n) is 11.1. The van der Waals surface area contributed by atoms with Gasteiger partial charge < -0.3 is 9.14 Å².